The van der Waals surface area contributed by atoms with Gasteiger partial charge >= 0.3 is 11.9 Å². The Bertz CT molecular complexity index is 1410. The molecule has 10 heteroatoms. The number of nitrogens with zero attached hydrogens (tertiary/aromatic N) is 2. The normalized spacial score (nSPS) is 11.5. The molecule has 260 valence electrons. The summed E-state index contributed by atoms with van der Waals surface area (Å²) in [4.78, 5) is 31.0. The number of rotatable bonds is 14. The van der Waals surface area contributed by atoms with E-state index in [-0.39, 0.29) is 19.3 Å². The number of carboxylic acid groups (broad SMARTS) is 2. The van der Waals surface area contributed by atoms with E-state index in [1.54, 1.807) is 12.1 Å². The summed E-state index contributed by atoms with van der Waals surface area (Å²) in [6, 6.07) is 13.4. The third-order valence-electron chi connectivity index (χ3n) is 8.24. The second-order valence-corrected chi connectivity index (χ2v) is 13.0. The van der Waals surface area contributed by atoms with Gasteiger partial charge < -0.3 is 30.4 Å². The van der Waals surface area contributed by atoms with Gasteiger partial charge in [-0.05, 0) is 110 Å². The molecule has 6 N–H and O–H groups in total. The molecule has 47 heavy (non-hydrogen) atoms. The van der Waals surface area contributed by atoms with Gasteiger partial charge in [-0.2, -0.15) is 0 Å². The highest BCUT2D eigenvalue weighted by molar-refractivity contribution is 5.89. The smallest absolute Gasteiger partial charge is 0.303 e. The van der Waals surface area contributed by atoms with Crippen molar-refractivity contribution in [2.75, 3.05) is 13.1 Å². The molecule has 0 fully saturated rings. The zero-order valence-corrected chi connectivity index (χ0v) is 29.4. The van der Waals surface area contributed by atoms with Crippen molar-refractivity contribution < 1.29 is 30.0 Å². The molecule has 0 aliphatic heterocycles. The third-order valence-corrected chi connectivity index (χ3v) is 8.24. The number of H-pyrrole nitrogens is 2. The summed E-state index contributed by atoms with van der Waals surface area (Å²) in [5.74, 6) is -1.16. The summed E-state index contributed by atoms with van der Waals surface area (Å²) in [6.07, 6.45) is 6.03. The number of hydrogen-bond acceptors (Lipinski definition) is 6. The highest BCUT2D eigenvalue weighted by Crippen LogP contribution is 2.29. The van der Waals surface area contributed by atoms with Crippen LogP contribution < -0.4 is 0 Å². The fraction of sp³-hybridized carbons (Fsp3) is 0.514. The highest BCUT2D eigenvalue weighted by Gasteiger charge is 2.16. The molecule has 0 unspecified atom stereocenters. The van der Waals surface area contributed by atoms with Crippen molar-refractivity contribution in [1.82, 2.24) is 19.8 Å². The van der Waals surface area contributed by atoms with E-state index >= 15 is 0 Å². The van der Waals surface area contributed by atoms with Gasteiger partial charge in [-0.15, -0.1) is 0 Å². The molecule has 4 rings (SSSR count). The first-order chi connectivity index (χ1) is 22.1. The summed E-state index contributed by atoms with van der Waals surface area (Å²) in [7, 11) is 0. The van der Waals surface area contributed by atoms with E-state index in [1.807, 2.05) is 36.7 Å². The first kappa shape index (κ1) is 39.2. The molecule has 4 aromatic rings. The average molecular weight is 653 g/mol. The van der Waals surface area contributed by atoms with Gasteiger partial charge in [0, 0.05) is 84.3 Å². The molecule has 0 spiro atoms. The minimum atomic E-state index is -0.948. The Balaban J connectivity index is 0.000000262. The van der Waals surface area contributed by atoms with Crippen LogP contribution in [-0.4, -0.2) is 89.4 Å². The number of fused-ring (bicyclic) bond motifs is 2. The molecule has 2 aromatic heterocycles. The Morgan fingerprint density at radius 1 is 0.617 bits per heavy atom. The number of hydrogen-bond donors (Lipinski definition) is 6. The van der Waals surface area contributed by atoms with Gasteiger partial charge in [0.15, 0.2) is 0 Å². The van der Waals surface area contributed by atoms with E-state index in [0.29, 0.717) is 35.7 Å². The van der Waals surface area contributed by atoms with Gasteiger partial charge in [-0.3, -0.25) is 19.4 Å². The summed E-state index contributed by atoms with van der Waals surface area (Å²) >= 11 is 0. The van der Waals surface area contributed by atoms with E-state index in [4.69, 9.17) is 10.2 Å². The molecule has 0 saturated heterocycles. The van der Waals surface area contributed by atoms with Crippen LogP contribution >= 0.6 is 0 Å². The molecule has 0 amide bonds. The number of aromatic nitrogens is 2. The van der Waals surface area contributed by atoms with Crippen molar-refractivity contribution in [2.45, 2.75) is 112 Å². The first-order valence-electron chi connectivity index (χ1n) is 16.6. The maximum atomic E-state index is 9.99. The summed E-state index contributed by atoms with van der Waals surface area (Å²) in [5, 5.41) is 38.0. The van der Waals surface area contributed by atoms with Crippen LogP contribution in [0.1, 0.15) is 85.8 Å². The Morgan fingerprint density at radius 2 is 0.957 bits per heavy atom. The van der Waals surface area contributed by atoms with Gasteiger partial charge in [0.1, 0.15) is 11.5 Å². The van der Waals surface area contributed by atoms with Crippen LogP contribution in [0.4, 0.5) is 0 Å². The third kappa shape index (κ3) is 12.3. The van der Waals surface area contributed by atoms with Gasteiger partial charge in [0.25, 0.3) is 0 Å². The molecule has 0 bridgehead atoms. The van der Waals surface area contributed by atoms with E-state index in [9.17, 15) is 19.8 Å². The molecular formula is C37H56N4O6. The zero-order valence-electron chi connectivity index (χ0n) is 29.4. The van der Waals surface area contributed by atoms with Crippen LogP contribution in [0.5, 0.6) is 11.5 Å². The number of carbonyl (C=O) groups is 2. The minimum Gasteiger partial charge on any atom is -0.507 e. The Hall–Kier alpha value is -4.02. The van der Waals surface area contributed by atoms with E-state index < -0.39 is 11.9 Å². The van der Waals surface area contributed by atoms with Crippen LogP contribution in [-0.2, 0) is 22.4 Å². The largest absolute Gasteiger partial charge is 0.507 e. The van der Waals surface area contributed by atoms with Crippen molar-refractivity contribution in [2.24, 2.45) is 0 Å². The quantitative estimate of drug-likeness (QED) is 0.0824. The van der Waals surface area contributed by atoms with Crippen LogP contribution in [0.15, 0.2) is 48.8 Å². The van der Waals surface area contributed by atoms with Crippen LogP contribution in [0.25, 0.3) is 21.8 Å². The number of nitrogens with one attached hydrogen (secondary N) is 2. The topological polar surface area (TPSA) is 153 Å². The van der Waals surface area contributed by atoms with Crippen molar-refractivity contribution in [3.63, 3.8) is 0 Å². The van der Waals surface area contributed by atoms with Gasteiger partial charge in [-0.25, -0.2) is 0 Å². The molecule has 2 heterocycles. The summed E-state index contributed by atoms with van der Waals surface area (Å²) in [5.41, 5.74) is 4.41. The fourth-order valence-corrected chi connectivity index (χ4v) is 5.98. The van der Waals surface area contributed by atoms with E-state index in [0.717, 1.165) is 47.7 Å². The Morgan fingerprint density at radius 3 is 1.26 bits per heavy atom. The average Bonchev–Trinajstić information content (AvgIpc) is 3.59. The standard InChI is InChI=1S/2C16H24N2O.C5H8O4/c2*1-11(2)18(12(3)4)9-8-13-10-17-14-6-5-7-15(19)16(13)14;6-4(7)2-1-3-5(8)9/h2*5-7,10-12,17,19H,8-9H2,1-4H3;1-3H2,(H,6,7)(H,8,9). The number of aliphatic carboxylic acids is 2. The molecule has 2 aromatic carbocycles. The van der Waals surface area contributed by atoms with Gasteiger partial charge in [0.05, 0.1) is 0 Å². The number of carboxylic acids is 2. The van der Waals surface area contributed by atoms with Gasteiger partial charge in [-0.1, -0.05) is 12.1 Å². The number of aromatic amines is 2. The van der Waals surface area contributed by atoms with E-state index in [2.05, 4.69) is 75.2 Å². The molecular weight excluding hydrogens is 596 g/mol. The number of aromatic hydroxyl groups is 2. The summed E-state index contributed by atoms with van der Waals surface area (Å²) < 4.78 is 0. The highest BCUT2D eigenvalue weighted by atomic mass is 16.4. The Kier molecular flexibility index (Phi) is 15.8. The Labute approximate surface area is 279 Å². The molecule has 0 saturated carbocycles. The minimum absolute atomic E-state index is 0.0632. The zero-order chi connectivity index (χ0) is 35.3. The predicted molar refractivity (Wildman–Crippen MR) is 190 cm³/mol. The molecule has 0 aliphatic rings. The van der Waals surface area contributed by atoms with Crippen LogP contribution in [0.3, 0.4) is 0 Å². The maximum Gasteiger partial charge on any atom is 0.303 e. The maximum absolute atomic E-state index is 9.99. The first-order valence-corrected chi connectivity index (χ1v) is 16.6. The van der Waals surface area contributed by atoms with Crippen molar-refractivity contribution >= 4 is 33.7 Å². The number of phenols is 2. The van der Waals surface area contributed by atoms with E-state index in [1.165, 1.54) is 11.1 Å². The lowest BCUT2D eigenvalue weighted by atomic mass is 10.1. The lowest BCUT2D eigenvalue weighted by Crippen LogP contribution is -2.38. The van der Waals surface area contributed by atoms with Crippen LogP contribution in [0, 0.1) is 0 Å². The van der Waals surface area contributed by atoms with Crippen molar-refractivity contribution in [1.29, 1.82) is 0 Å². The second kappa shape index (κ2) is 19.0. The fourth-order valence-electron chi connectivity index (χ4n) is 5.98. The van der Waals surface area contributed by atoms with Crippen molar-refractivity contribution in [3.8, 4) is 11.5 Å². The lowest BCUT2D eigenvalue weighted by molar-refractivity contribution is -0.138. The molecule has 10 nitrogen and oxygen atoms in total. The monoisotopic (exact) mass is 652 g/mol. The van der Waals surface area contributed by atoms with Crippen molar-refractivity contribution in [3.05, 3.63) is 59.9 Å². The van der Waals surface area contributed by atoms with Gasteiger partial charge in [0.2, 0.25) is 0 Å². The molecule has 0 radical (unpaired) electrons. The SMILES string of the molecule is CC(C)N(CCc1c[nH]c2cccc(O)c12)C(C)C.CC(C)N(CCc1c[nH]c2cccc(O)c12)C(C)C.O=C(O)CCCC(=O)O. The lowest BCUT2D eigenvalue weighted by Gasteiger charge is -2.30. The van der Waals surface area contributed by atoms with Crippen LogP contribution in [0.2, 0.25) is 0 Å². The summed E-state index contributed by atoms with van der Waals surface area (Å²) in [6.45, 7) is 19.9. The predicted octanol–water partition coefficient (Wildman–Crippen LogP) is 7.40. The second-order valence-electron chi connectivity index (χ2n) is 13.0. The number of phenolic OH excluding ortho intramolecular Hbond substituents is 2. The number of benzene rings is 2. The molecule has 0 aliphatic carbocycles. The molecule has 0 atom stereocenters.